The largest absolute Gasteiger partial charge is 0.324 e. The Morgan fingerprint density at radius 3 is 2.58 bits per heavy atom. The van der Waals surface area contributed by atoms with Gasteiger partial charge in [-0.3, -0.25) is 19.6 Å². The zero-order valence-electron chi connectivity index (χ0n) is 14.7. The first-order valence-electron chi connectivity index (χ1n) is 8.62. The van der Waals surface area contributed by atoms with E-state index in [0.717, 1.165) is 38.4 Å². The van der Waals surface area contributed by atoms with Crippen LogP contribution in [0.25, 0.3) is 0 Å². The first-order chi connectivity index (χ1) is 12.5. The molecule has 2 heterocycles. The van der Waals surface area contributed by atoms with Gasteiger partial charge in [-0.25, -0.2) is 0 Å². The zero-order valence-corrected chi connectivity index (χ0v) is 16.2. The van der Waals surface area contributed by atoms with Crippen LogP contribution in [0, 0.1) is 6.92 Å². The smallest absolute Gasteiger partial charge is 0.238 e. The number of piperazine rings is 1. The van der Waals surface area contributed by atoms with Gasteiger partial charge in [0.15, 0.2) is 0 Å². The van der Waals surface area contributed by atoms with E-state index in [1.807, 2.05) is 19.2 Å². The molecule has 0 saturated carbocycles. The van der Waals surface area contributed by atoms with Crippen LogP contribution in [0.1, 0.15) is 11.3 Å². The average Bonchev–Trinajstić information content (AvgIpc) is 2.62. The van der Waals surface area contributed by atoms with Crippen LogP contribution >= 0.6 is 23.2 Å². The normalized spacial score (nSPS) is 15.8. The van der Waals surface area contributed by atoms with Gasteiger partial charge in [-0.05, 0) is 30.7 Å². The molecule has 138 valence electrons. The molecule has 0 radical (unpaired) electrons. The Morgan fingerprint density at radius 1 is 1.12 bits per heavy atom. The van der Waals surface area contributed by atoms with Gasteiger partial charge < -0.3 is 5.32 Å². The van der Waals surface area contributed by atoms with Crippen LogP contribution in [0.4, 0.5) is 5.69 Å². The van der Waals surface area contributed by atoms with Crippen molar-refractivity contribution in [1.29, 1.82) is 0 Å². The highest BCUT2D eigenvalue weighted by Gasteiger charge is 2.20. The highest BCUT2D eigenvalue weighted by molar-refractivity contribution is 6.43. The lowest BCUT2D eigenvalue weighted by molar-refractivity contribution is -0.117. The lowest BCUT2D eigenvalue weighted by Gasteiger charge is -2.34. The number of benzene rings is 1. The number of nitrogens with zero attached hydrogens (tertiary/aromatic N) is 3. The van der Waals surface area contributed by atoms with Crippen LogP contribution in [0.2, 0.25) is 10.0 Å². The fraction of sp³-hybridized carbons (Fsp3) is 0.368. The second-order valence-corrected chi connectivity index (χ2v) is 7.23. The van der Waals surface area contributed by atoms with Crippen molar-refractivity contribution in [3.05, 3.63) is 57.8 Å². The Labute approximate surface area is 163 Å². The lowest BCUT2D eigenvalue weighted by atomic mass is 10.2. The van der Waals surface area contributed by atoms with Crippen molar-refractivity contribution >= 4 is 34.8 Å². The monoisotopic (exact) mass is 392 g/mol. The third-order valence-corrected chi connectivity index (χ3v) is 5.39. The van der Waals surface area contributed by atoms with Crippen molar-refractivity contribution in [1.82, 2.24) is 14.8 Å². The van der Waals surface area contributed by atoms with Crippen molar-refractivity contribution in [3.63, 3.8) is 0 Å². The molecule has 1 aromatic carbocycles. The maximum atomic E-state index is 12.3. The minimum Gasteiger partial charge on any atom is -0.324 e. The first kappa shape index (κ1) is 19.1. The lowest BCUT2D eigenvalue weighted by Crippen LogP contribution is -2.48. The second-order valence-electron chi connectivity index (χ2n) is 6.45. The first-order valence-corrected chi connectivity index (χ1v) is 9.37. The number of carbonyl (C=O) groups excluding carboxylic acids is 1. The Hall–Kier alpha value is -1.66. The molecule has 26 heavy (non-hydrogen) atoms. The molecule has 1 N–H and O–H groups in total. The molecule has 7 heteroatoms. The van der Waals surface area contributed by atoms with Crippen LogP contribution in [-0.2, 0) is 11.3 Å². The number of aryl methyl sites for hydroxylation is 1. The number of amides is 1. The molecule has 1 aliphatic rings. The molecule has 0 bridgehead atoms. The molecule has 5 nitrogen and oxygen atoms in total. The van der Waals surface area contributed by atoms with Gasteiger partial charge in [0.25, 0.3) is 0 Å². The Bertz CT molecular complexity index is 776. The van der Waals surface area contributed by atoms with E-state index in [-0.39, 0.29) is 5.91 Å². The minimum atomic E-state index is -0.0780. The van der Waals surface area contributed by atoms with Crippen LogP contribution in [0.3, 0.4) is 0 Å². The Morgan fingerprint density at radius 2 is 1.85 bits per heavy atom. The summed E-state index contributed by atoms with van der Waals surface area (Å²) in [6, 6.07) is 9.31. The third-order valence-electron chi connectivity index (χ3n) is 4.57. The van der Waals surface area contributed by atoms with E-state index in [1.54, 1.807) is 18.2 Å². The number of pyridine rings is 1. The molecule has 1 aliphatic heterocycles. The van der Waals surface area contributed by atoms with Gasteiger partial charge in [-0.2, -0.15) is 0 Å². The number of aromatic nitrogens is 1. The number of nitrogens with one attached hydrogen (secondary N) is 1. The van der Waals surface area contributed by atoms with Gasteiger partial charge in [0, 0.05) is 44.6 Å². The number of hydrogen-bond donors (Lipinski definition) is 1. The number of anilines is 1. The summed E-state index contributed by atoms with van der Waals surface area (Å²) < 4.78 is 0. The standard InChI is InChI=1S/C19H22Cl2N4O/c1-14-15(4-3-7-22-14)12-24-8-10-25(11-9-24)13-18(26)23-17-6-2-5-16(20)19(17)21/h2-7H,8-13H2,1H3,(H,23,26). The summed E-state index contributed by atoms with van der Waals surface area (Å²) in [6.45, 7) is 6.86. The summed E-state index contributed by atoms with van der Waals surface area (Å²) in [6.07, 6.45) is 1.82. The molecular weight excluding hydrogens is 371 g/mol. The molecule has 0 unspecified atom stereocenters. The van der Waals surface area contributed by atoms with Gasteiger partial charge in [-0.15, -0.1) is 0 Å². The maximum absolute atomic E-state index is 12.3. The molecule has 1 aromatic heterocycles. The third kappa shape index (κ3) is 4.95. The second kappa shape index (κ2) is 8.82. The molecule has 1 saturated heterocycles. The summed E-state index contributed by atoms with van der Waals surface area (Å²) >= 11 is 12.1. The number of carbonyl (C=O) groups is 1. The van der Waals surface area contributed by atoms with Gasteiger partial charge >= 0.3 is 0 Å². The predicted molar refractivity (Wildman–Crippen MR) is 106 cm³/mol. The molecule has 1 fully saturated rings. The van der Waals surface area contributed by atoms with E-state index in [1.165, 1.54) is 5.56 Å². The summed E-state index contributed by atoms with van der Waals surface area (Å²) in [4.78, 5) is 21.2. The fourth-order valence-corrected chi connectivity index (χ4v) is 3.37. The van der Waals surface area contributed by atoms with E-state index >= 15 is 0 Å². The minimum absolute atomic E-state index is 0.0780. The average molecular weight is 393 g/mol. The molecule has 0 spiro atoms. The molecule has 0 atom stereocenters. The summed E-state index contributed by atoms with van der Waals surface area (Å²) in [7, 11) is 0. The van der Waals surface area contributed by atoms with Crippen molar-refractivity contribution in [3.8, 4) is 0 Å². The summed E-state index contributed by atoms with van der Waals surface area (Å²) in [5.74, 6) is -0.0780. The number of halogens is 2. The van der Waals surface area contributed by atoms with Crippen LogP contribution in [-0.4, -0.2) is 53.4 Å². The van der Waals surface area contributed by atoms with Crippen molar-refractivity contribution in [2.45, 2.75) is 13.5 Å². The van der Waals surface area contributed by atoms with Gasteiger partial charge in [0.05, 0.1) is 22.3 Å². The van der Waals surface area contributed by atoms with Crippen LogP contribution < -0.4 is 5.32 Å². The van der Waals surface area contributed by atoms with E-state index in [2.05, 4.69) is 26.2 Å². The van der Waals surface area contributed by atoms with E-state index in [9.17, 15) is 4.79 Å². The van der Waals surface area contributed by atoms with Crippen LogP contribution in [0.5, 0.6) is 0 Å². The Balaban J connectivity index is 1.47. The van der Waals surface area contributed by atoms with E-state index in [4.69, 9.17) is 23.2 Å². The van der Waals surface area contributed by atoms with Crippen molar-refractivity contribution in [2.75, 3.05) is 38.0 Å². The van der Waals surface area contributed by atoms with Gasteiger partial charge in [-0.1, -0.05) is 35.3 Å². The topological polar surface area (TPSA) is 48.5 Å². The SMILES string of the molecule is Cc1ncccc1CN1CCN(CC(=O)Nc2cccc(Cl)c2Cl)CC1. The molecule has 1 amide bonds. The fourth-order valence-electron chi connectivity index (χ4n) is 3.02. The quantitative estimate of drug-likeness (QED) is 0.846. The van der Waals surface area contributed by atoms with E-state index in [0.29, 0.717) is 22.3 Å². The molecule has 2 aromatic rings. The number of rotatable bonds is 5. The molecule has 0 aliphatic carbocycles. The summed E-state index contributed by atoms with van der Waals surface area (Å²) in [5, 5.41) is 3.65. The molecular formula is C19H22Cl2N4O. The van der Waals surface area contributed by atoms with Crippen molar-refractivity contribution < 1.29 is 4.79 Å². The van der Waals surface area contributed by atoms with Gasteiger partial charge in [0.1, 0.15) is 0 Å². The highest BCUT2D eigenvalue weighted by atomic mass is 35.5. The maximum Gasteiger partial charge on any atom is 0.238 e. The van der Waals surface area contributed by atoms with Crippen LogP contribution in [0.15, 0.2) is 36.5 Å². The molecule has 3 rings (SSSR count). The van der Waals surface area contributed by atoms with Gasteiger partial charge in [0.2, 0.25) is 5.91 Å². The zero-order chi connectivity index (χ0) is 18.5. The Kier molecular flexibility index (Phi) is 6.48. The number of hydrogen-bond acceptors (Lipinski definition) is 4. The predicted octanol–water partition coefficient (Wildman–Crippen LogP) is 3.45. The van der Waals surface area contributed by atoms with E-state index < -0.39 is 0 Å². The van der Waals surface area contributed by atoms with Crippen molar-refractivity contribution in [2.24, 2.45) is 0 Å². The summed E-state index contributed by atoms with van der Waals surface area (Å²) in [5.41, 5.74) is 2.89. The highest BCUT2D eigenvalue weighted by Crippen LogP contribution is 2.29.